The summed E-state index contributed by atoms with van der Waals surface area (Å²) in [5.41, 5.74) is 1.46. The number of hydrogen-bond acceptors (Lipinski definition) is 7. The second kappa shape index (κ2) is 6.66. The van der Waals surface area contributed by atoms with Crippen molar-refractivity contribution < 1.29 is 14.3 Å². The van der Waals surface area contributed by atoms with Crippen molar-refractivity contribution >= 4 is 23.1 Å². The third kappa shape index (κ3) is 2.98. The van der Waals surface area contributed by atoms with E-state index in [9.17, 15) is 4.79 Å². The third-order valence-corrected chi connectivity index (χ3v) is 5.23. The first kappa shape index (κ1) is 16.8. The predicted molar refractivity (Wildman–Crippen MR) is 102 cm³/mol. The summed E-state index contributed by atoms with van der Waals surface area (Å²) in [5.74, 6) is 3.02. The molecule has 0 spiro atoms. The van der Waals surface area contributed by atoms with Crippen LogP contribution in [0.2, 0.25) is 0 Å². The minimum absolute atomic E-state index is 0.0259. The Hall–Kier alpha value is -3.36. The molecule has 0 atom stereocenters. The molecule has 0 bridgehead atoms. The maximum absolute atomic E-state index is 12.7. The number of piperidine rings is 1. The molecule has 5 rings (SSSR count). The van der Waals surface area contributed by atoms with E-state index in [2.05, 4.69) is 25.5 Å². The van der Waals surface area contributed by atoms with Gasteiger partial charge in [-0.15, -0.1) is 15.3 Å². The summed E-state index contributed by atoms with van der Waals surface area (Å²) in [5, 5.41) is 15.7. The van der Waals surface area contributed by atoms with Crippen LogP contribution in [0.5, 0.6) is 11.5 Å². The summed E-state index contributed by atoms with van der Waals surface area (Å²) in [4.78, 5) is 14.9. The molecule has 0 aliphatic carbocycles. The van der Waals surface area contributed by atoms with Gasteiger partial charge in [-0.2, -0.15) is 4.52 Å². The van der Waals surface area contributed by atoms with Gasteiger partial charge in [0.1, 0.15) is 5.82 Å². The summed E-state index contributed by atoms with van der Waals surface area (Å²) in [6, 6.07) is 9.32. The summed E-state index contributed by atoms with van der Waals surface area (Å²) >= 11 is 0. The van der Waals surface area contributed by atoms with E-state index in [1.807, 2.05) is 31.2 Å². The molecular formula is C19H20N6O3. The minimum Gasteiger partial charge on any atom is -0.454 e. The Morgan fingerprint density at radius 3 is 2.79 bits per heavy atom. The first-order valence-electron chi connectivity index (χ1n) is 9.32. The maximum atomic E-state index is 12.7. The fourth-order valence-electron chi connectivity index (χ4n) is 3.64. The average Bonchev–Trinajstić information content (AvgIpc) is 3.34. The highest BCUT2D eigenvalue weighted by molar-refractivity contribution is 5.93. The lowest BCUT2D eigenvalue weighted by Crippen LogP contribution is -2.38. The van der Waals surface area contributed by atoms with Gasteiger partial charge in [0, 0.05) is 30.8 Å². The van der Waals surface area contributed by atoms with E-state index in [0.717, 1.165) is 48.9 Å². The number of amides is 1. The molecule has 3 aromatic rings. The van der Waals surface area contributed by atoms with Crippen LogP contribution in [-0.2, 0) is 4.79 Å². The SMILES string of the molecule is Cc1nnc2ccc(N3CCC(C(=O)Nc4ccc5c(c4)OCO5)CC3)nn12. The van der Waals surface area contributed by atoms with Gasteiger partial charge in [-0.1, -0.05) is 0 Å². The van der Waals surface area contributed by atoms with Gasteiger partial charge in [-0.25, -0.2) is 0 Å². The molecule has 0 unspecified atom stereocenters. The van der Waals surface area contributed by atoms with E-state index in [4.69, 9.17) is 9.47 Å². The maximum Gasteiger partial charge on any atom is 0.231 e. The van der Waals surface area contributed by atoms with Gasteiger partial charge in [0.2, 0.25) is 12.7 Å². The van der Waals surface area contributed by atoms with Crippen LogP contribution >= 0.6 is 0 Å². The molecule has 28 heavy (non-hydrogen) atoms. The van der Waals surface area contributed by atoms with Gasteiger partial charge < -0.3 is 19.7 Å². The monoisotopic (exact) mass is 380 g/mol. The zero-order chi connectivity index (χ0) is 19.1. The number of benzene rings is 1. The Morgan fingerprint density at radius 2 is 1.93 bits per heavy atom. The molecular weight excluding hydrogens is 360 g/mol. The highest BCUT2D eigenvalue weighted by Crippen LogP contribution is 2.34. The second-order valence-corrected chi connectivity index (χ2v) is 7.03. The van der Waals surface area contributed by atoms with E-state index in [0.29, 0.717) is 11.5 Å². The highest BCUT2D eigenvalue weighted by Gasteiger charge is 2.26. The summed E-state index contributed by atoms with van der Waals surface area (Å²) in [7, 11) is 0. The van der Waals surface area contributed by atoms with Gasteiger partial charge in [0.15, 0.2) is 23.0 Å². The van der Waals surface area contributed by atoms with E-state index in [-0.39, 0.29) is 18.6 Å². The fourth-order valence-corrected chi connectivity index (χ4v) is 3.64. The standard InChI is InChI=1S/C19H20N6O3/c1-12-21-22-17-4-5-18(23-25(12)17)24-8-6-13(7-9-24)19(26)20-14-2-3-15-16(10-14)28-11-27-15/h2-5,10,13H,6-9,11H2,1H3,(H,20,26). The van der Waals surface area contributed by atoms with E-state index in [1.165, 1.54) is 0 Å². The lowest BCUT2D eigenvalue weighted by molar-refractivity contribution is -0.120. The molecule has 1 aromatic carbocycles. The van der Waals surface area contributed by atoms with E-state index >= 15 is 0 Å². The van der Waals surface area contributed by atoms with Crippen LogP contribution in [0.4, 0.5) is 11.5 Å². The number of carbonyl (C=O) groups excluding carboxylic acids is 1. The molecule has 1 N–H and O–H groups in total. The van der Waals surface area contributed by atoms with Crippen LogP contribution in [0.3, 0.4) is 0 Å². The predicted octanol–water partition coefficient (Wildman–Crippen LogP) is 2.02. The molecule has 0 radical (unpaired) electrons. The number of carbonyl (C=O) groups is 1. The smallest absolute Gasteiger partial charge is 0.231 e. The zero-order valence-corrected chi connectivity index (χ0v) is 15.5. The Morgan fingerprint density at radius 1 is 1.11 bits per heavy atom. The minimum atomic E-state index is -0.0259. The molecule has 9 heteroatoms. The Balaban J connectivity index is 1.22. The van der Waals surface area contributed by atoms with Crippen LogP contribution in [0.1, 0.15) is 18.7 Å². The molecule has 1 saturated heterocycles. The molecule has 1 fully saturated rings. The lowest BCUT2D eigenvalue weighted by Gasteiger charge is -2.32. The van der Waals surface area contributed by atoms with Crippen LogP contribution in [0, 0.1) is 12.8 Å². The van der Waals surface area contributed by atoms with Crippen molar-refractivity contribution in [1.29, 1.82) is 0 Å². The first-order valence-corrected chi connectivity index (χ1v) is 9.32. The Kier molecular flexibility index (Phi) is 4.00. The van der Waals surface area contributed by atoms with Gasteiger partial charge >= 0.3 is 0 Å². The Labute approximate surface area is 161 Å². The number of anilines is 2. The quantitative estimate of drug-likeness (QED) is 0.743. The van der Waals surface area contributed by atoms with Crippen molar-refractivity contribution in [2.45, 2.75) is 19.8 Å². The molecule has 1 amide bonds. The first-order chi connectivity index (χ1) is 13.7. The molecule has 0 saturated carbocycles. The normalized spacial score (nSPS) is 16.5. The van der Waals surface area contributed by atoms with Gasteiger partial charge in [-0.05, 0) is 44.0 Å². The lowest BCUT2D eigenvalue weighted by atomic mass is 9.96. The van der Waals surface area contributed by atoms with Crippen molar-refractivity contribution in [3.63, 3.8) is 0 Å². The summed E-state index contributed by atoms with van der Waals surface area (Å²) in [6.45, 7) is 3.65. The van der Waals surface area contributed by atoms with Gasteiger partial charge in [0.25, 0.3) is 0 Å². The number of rotatable bonds is 3. The molecule has 2 aromatic heterocycles. The van der Waals surface area contributed by atoms with Crippen molar-refractivity contribution in [2.75, 3.05) is 30.1 Å². The van der Waals surface area contributed by atoms with Crippen LogP contribution < -0.4 is 19.7 Å². The van der Waals surface area contributed by atoms with Crippen LogP contribution in [0.15, 0.2) is 30.3 Å². The van der Waals surface area contributed by atoms with Crippen molar-refractivity contribution in [3.8, 4) is 11.5 Å². The third-order valence-electron chi connectivity index (χ3n) is 5.23. The highest BCUT2D eigenvalue weighted by atomic mass is 16.7. The zero-order valence-electron chi connectivity index (χ0n) is 15.5. The van der Waals surface area contributed by atoms with Crippen molar-refractivity contribution in [2.24, 2.45) is 5.92 Å². The number of nitrogens with zero attached hydrogens (tertiary/aromatic N) is 5. The van der Waals surface area contributed by atoms with Crippen molar-refractivity contribution in [1.82, 2.24) is 19.8 Å². The summed E-state index contributed by atoms with van der Waals surface area (Å²) < 4.78 is 12.4. The number of nitrogens with one attached hydrogen (secondary N) is 1. The van der Waals surface area contributed by atoms with Crippen molar-refractivity contribution in [3.05, 3.63) is 36.2 Å². The average molecular weight is 380 g/mol. The number of ether oxygens (including phenoxy) is 2. The Bertz CT molecular complexity index is 1040. The topological polar surface area (TPSA) is 93.9 Å². The second-order valence-electron chi connectivity index (χ2n) is 7.03. The van der Waals surface area contributed by atoms with Crippen LogP contribution in [-0.4, -0.2) is 45.6 Å². The van der Waals surface area contributed by atoms with Crippen LogP contribution in [0.25, 0.3) is 5.65 Å². The van der Waals surface area contributed by atoms with Gasteiger partial charge in [-0.3, -0.25) is 4.79 Å². The number of aryl methyl sites for hydroxylation is 1. The number of hydrogen-bond donors (Lipinski definition) is 1. The molecule has 4 heterocycles. The van der Waals surface area contributed by atoms with E-state index < -0.39 is 0 Å². The fraction of sp³-hybridized carbons (Fsp3) is 0.368. The molecule has 9 nitrogen and oxygen atoms in total. The van der Waals surface area contributed by atoms with E-state index in [1.54, 1.807) is 10.6 Å². The number of aromatic nitrogens is 4. The summed E-state index contributed by atoms with van der Waals surface area (Å²) in [6.07, 6.45) is 1.55. The largest absolute Gasteiger partial charge is 0.454 e. The number of fused-ring (bicyclic) bond motifs is 2. The van der Waals surface area contributed by atoms with Gasteiger partial charge in [0.05, 0.1) is 0 Å². The molecule has 2 aliphatic heterocycles. The molecule has 144 valence electrons. The molecule has 2 aliphatic rings.